The molecule has 0 aliphatic carbocycles. The smallest absolute Gasteiger partial charge is 0.395 e. The average molecular weight is 288 g/mol. The number of hydrogen-bond acceptors (Lipinski definition) is 3. The van der Waals surface area contributed by atoms with Crippen LogP contribution in [0.15, 0.2) is 29.2 Å². The molecule has 0 bridgehead atoms. The highest BCUT2D eigenvalue weighted by molar-refractivity contribution is 8.00. The number of thioether (sulfide) groups is 1. The van der Waals surface area contributed by atoms with Gasteiger partial charge < -0.3 is 10.8 Å². The summed E-state index contributed by atoms with van der Waals surface area (Å²) in [7, 11) is 0. The number of benzene rings is 1. The van der Waals surface area contributed by atoms with Crippen LogP contribution in [0.4, 0.5) is 13.2 Å². The fraction of sp³-hybridized carbons (Fsp3) is 0.400. The Morgan fingerprint density at radius 2 is 2.00 bits per heavy atom. The highest BCUT2D eigenvalue weighted by Gasteiger charge is 2.29. The topological polar surface area (TPSA) is 46.2 Å². The predicted octanol–water partition coefficient (Wildman–Crippen LogP) is 2.58. The molecule has 17 heavy (non-hydrogen) atoms. The van der Waals surface area contributed by atoms with Crippen LogP contribution in [-0.2, 0) is 6.42 Å². The molecule has 0 saturated heterocycles. The zero-order valence-corrected chi connectivity index (χ0v) is 10.4. The molecule has 0 fully saturated rings. The lowest BCUT2D eigenvalue weighted by molar-refractivity contribution is -0.0328. The van der Waals surface area contributed by atoms with Gasteiger partial charge in [0.25, 0.3) is 0 Å². The second-order valence-corrected chi connectivity index (χ2v) is 4.48. The molecule has 0 aliphatic heterocycles. The van der Waals surface area contributed by atoms with Crippen molar-refractivity contribution >= 4 is 24.2 Å². The number of aliphatic hydroxyl groups is 1. The van der Waals surface area contributed by atoms with Crippen molar-refractivity contribution in [2.24, 2.45) is 5.73 Å². The minimum atomic E-state index is -4.28. The summed E-state index contributed by atoms with van der Waals surface area (Å²) in [6.45, 7) is -0.184. The molecule has 0 heterocycles. The van der Waals surface area contributed by atoms with Crippen LogP contribution in [0.5, 0.6) is 0 Å². The molecule has 1 unspecified atom stereocenters. The van der Waals surface area contributed by atoms with Gasteiger partial charge in [-0.15, -0.1) is 12.4 Å². The molecule has 1 atom stereocenters. The Labute approximate surface area is 108 Å². The lowest BCUT2D eigenvalue weighted by Crippen LogP contribution is -2.26. The summed E-state index contributed by atoms with van der Waals surface area (Å²) in [4.78, 5) is 0.134. The first-order valence-corrected chi connectivity index (χ1v) is 5.43. The Morgan fingerprint density at radius 1 is 1.35 bits per heavy atom. The lowest BCUT2D eigenvalue weighted by Gasteiger charge is -2.10. The molecule has 1 aromatic carbocycles. The Hall–Kier alpha value is -0.430. The minimum absolute atomic E-state index is 0. The van der Waals surface area contributed by atoms with E-state index >= 15 is 0 Å². The van der Waals surface area contributed by atoms with Crippen molar-refractivity contribution in [2.75, 3.05) is 6.61 Å². The van der Waals surface area contributed by atoms with Gasteiger partial charge >= 0.3 is 5.51 Å². The molecule has 1 aromatic rings. The first-order valence-electron chi connectivity index (χ1n) is 4.62. The van der Waals surface area contributed by atoms with Crippen molar-refractivity contribution in [3.63, 3.8) is 0 Å². The molecule has 98 valence electrons. The molecule has 0 saturated carbocycles. The Kier molecular flexibility index (Phi) is 6.92. The first-order chi connectivity index (χ1) is 7.40. The maximum absolute atomic E-state index is 12.1. The second kappa shape index (κ2) is 7.10. The molecule has 0 spiro atoms. The summed E-state index contributed by atoms with van der Waals surface area (Å²) in [5.74, 6) is 0. The molecular formula is C10H13ClF3NOS. The van der Waals surface area contributed by atoms with Gasteiger partial charge in [0, 0.05) is 10.9 Å². The Morgan fingerprint density at radius 3 is 2.53 bits per heavy atom. The molecule has 7 heteroatoms. The molecular weight excluding hydrogens is 275 g/mol. The number of alkyl halides is 3. The molecule has 1 rings (SSSR count). The summed E-state index contributed by atoms with van der Waals surface area (Å²) in [6.07, 6.45) is 0.364. The summed E-state index contributed by atoms with van der Waals surface area (Å²) < 4.78 is 36.3. The van der Waals surface area contributed by atoms with E-state index in [9.17, 15) is 13.2 Å². The zero-order valence-electron chi connectivity index (χ0n) is 8.78. The molecule has 2 nitrogen and oxygen atoms in total. The molecule has 0 aromatic heterocycles. The highest BCUT2D eigenvalue weighted by Crippen LogP contribution is 2.36. The van der Waals surface area contributed by atoms with Crippen molar-refractivity contribution in [1.29, 1.82) is 0 Å². The van der Waals surface area contributed by atoms with Crippen LogP contribution in [0.25, 0.3) is 0 Å². The van der Waals surface area contributed by atoms with Crippen molar-refractivity contribution in [2.45, 2.75) is 22.9 Å². The monoisotopic (exact) mass is 287 g/mol. The van der Waals surface area contributed by atoms with Gasteiger partial charge in [0.15, 0.2) is 0 Å². The highest BCUT2D eigenvalue weighted by atomic mass is 35.5. The van der Waals surface area contributed by atoms with Crippen LogP contribution in [0.2, 0.25) is 0 Å². The average Bonchev–Trinajstić information content (AvgIpc) is 2.15. The normalized spacial score (nSPS) is 13.0. The van der Waals surface area contributed by atoms with Crippen LogP contribution in [0.1, 0.15) is 5.56 Å². The quantitative estimate of drug-likeness (QED) is 0.837. The van der Waals surface area contributed by atoms with E-state index in [0.717, 1.165) is 0 Å². The van der Waals surface area contributed by atoms with E-state index in [-0.39, 0.29) is 35.7 Å². The van der Waals surface area contributed by atoms with Crippen LogP contribution in [0, 0.1) is 0 Å². The van der Waals surface area contributed by atoms with E-state index < -0.39 is 11.6 Å². The third-order valence-corrected chi connectivity index (χ3v) is 2.59. The third-order valence-electron chi connectivity index (χ3n) is 1.86. The van der Waals surface area contributed by atoms with Crippen molar-refractivity contribution in [1.82, 2.24) is 0 Å². The SMILES string of the molecule is Cl.NC(CO)Cc1cccc(SC(F)(F)F)c1. The molecule has 0 aliphatic rings. The van der Waals surface area contributed by atoms with E-state index in [1.54, 1.807) is 12.1 Å². The third kappa shape index (κ3) is 6.78. The summed E-state index contributed by atoms with van der Waals surface area (Å²) >= 11 is -0.154. The van der Waals surface area contributed by atoms with Gasteiger partial charge in [-0.05, 0) is 35.9 Å². The van der Waals surface area contributed by atoms with Crippen molar-refractivity contribution in [3.05, 3.63) is 29.8 Å². The fourth-order valence-corrected chi connectivity index (χ4v) is 1.86. The number of aliphatic hydroxyl groups excluding tert-OH is 1. The van der Waals surface area contributed by atoms with E-state index in [1.165, 1.54) is 12.1 Å². The first kappa shape index (κ1) is 16.6. The Balaban J connectivity index is 0.00000256. The number of rotatable bonds is 4. The fourth-order valence-electron chi connectivity index (χ4n) is 1.24. The van der Waals surface area contributed by atoms with Crippen LogP contribution >= 0.6 is 24.2 Å². The summed E-state index contributed by atoms with van der Waals surface area (Å²) in [5, 5.41) is 8.74. The van der Waals surface area contributed by atoms with Crippen LogP contribution in [0.3, 0.4) is 0 Å². The van der Waals surface area contributed by atoms with E-state index in [2.05, 4.69) is 0 Å². The maximum Gasteiger partial charge on any atom is 0.446 e. The number of hydrogen-bond donors (Lipinski definition) is 2. The summed E-state index contributed by atoms with van der Waals surface area (Å²) in [5.41, 5.74) is 1.91. The molecule has 3 N–H and O–H groups in total. The van der Waals surface area contributed by atoms with Crippen LogP contribution in [-0.4, -0.2) is 23.3 Å². The van der Waals surface area contributed by atoms with Crippen molar-refractivity contribution in [3.8, 4) is 0 Å². The van der Waals surface area contributed by atoms with Crippen LogP contribution < -0.4 is 5.73 Å². The van der Waals surface area contributed by atoms with Gasteiger partial charge in [-0.1, -0.05) is 12.1 Å². The van der Waals surface area contributed by atoms with Gasteiger partial charge in [0.05, 0.1) is 6.61 Å². The van der Waals surface area contributed by atoms with Gasteiger partial charge in [0.1, 0.15) is 0 Å². The maximum atomic E-state index is 12.1. The number of nitrogens with two attached hydrogens (primary N) is 1. The van der Waals surface area contributed by atoms with E-state index in [1.807, 2.05) is 0 Å². The van der Waals surface area contributed by atoms with Gasteiger partial charge in [-0.2, -0.15) is 13.2 Å². The van der Waals surface area contributed by atoms with E-state index in [0.29, 0.717) is 12.0 Å². The Bertz CT molecular complexity index is 349. The standard InChI is InChI=1S/C10H12F3NOS.ClH/c11-10(12,13)16-9-3-1-2-7(5-9)4-8(14)6-15;/h1-3,5,8,15H,4,6,14H2;1H. The number of halogens is 4. The van der Waals surface area contributed by atoms with Gasteiger partial charge in [-0.25, -0.2) is 0 Å². The lowest BCUT2D eigenvalue weighted by atomic mass is 10.1. The van der Waals surface area contributed by atoms with Crippen molar-refractivity contribution < 1.29 is 18.3 Å². The molecule has 0 amide bonds. The second-order valence-electron chi connectivity index (χ2n) is 3.34. The van der Waals surface area contributed by atoms with E-state index in [4.69, 9.17) is 10.8 Å². The minimum Gasteiger partial charge on any atom is -0.395 e. The largest absolute Gasteiger partial charge is 0.446 e. The zero-order chi connectivity index (χ0) is 12.2. The summed E-state index contributed by atoms with van der Waals surface area (Å²) in [6, 6.07) is 5.63. The van der Waals surface area contributed by atoms with Gasteiger partial charge in [-0.3, -0.25) is 0 Å². The van der Waals surface area contributed by atoms with Gasteiger partial charge in [0.2, 0.25) is 0 Å². The predicted molar refractivity (Wildman–Crippen MR) is 64.4 cm³/mol. The molecule has 0 radical (unpaired) electrons.